The summed E-state index contributed by atoms with van der Waals surface area (Å²) in [7, 11) is 1.61. The quantitative estimate of drug-likeness (QED) is 0.469. The number of aryl methyl sites for hydroxylation is 1. The minimum Gasteiger partial charge on any atom is -0.497 e. The maximum Gasteiger partial charge on any atom is 0.408 e. The van der Waals surface area contributed by atoms with Crippen LogP contribution >= 0.6 is 0 Å². The number of alkyl carbamates (subject to hydrolysis) is 1. The van der Waals surface area contributed by atoms with Crippen molar-refractivity contribution in [3.63, 3.8) is 0 Å². The molecular weight excluding hydrogens is 560 g/mol. The number of methoxy groups -OCH3 is 1. The summed E-state index contributed by atoms with van der Waals surface area (Å²) in [5, 5.41) is 2.93. The van der Waals surface area contributed by atoms with Crippen LogP contribution in [0.3, 0.4) is 0 Å². The average molecular weight is 607 g/mol. The molecule has 1 N–H and O–H groups in total. The molecule has 0 unspecified atom stereocenters. The Morgan fingerprint density at radius 3 is 2.57 bits per heavy atom. The third-order valence-electron chi connectivity index (χ3n) is 10.5. The van der Waals surface area contributed by atoms with Crippen molar-refractivity contribution in [2.45, 2.75) is 103 Å². The lowest BCUT2D eigenvalue weighted by Crippen LogP contribution is -2.57. The topological polar surface area (TPSA) is 120 Å². The van der Waals surface area contributed by atoms with Gasteiger partial charge >= 0.3 is 6.09 Å². The Labute approximate surface area is 259 Å². The predicted molar refractivity (Wildman–Crippen MR) is 164 cm³/mol. The number of nitrogens with zero attached hydrogens (tertiary/aromatic N) is 3. The molecule has 2 aliphatic carbocycles. The zero-order valence-electron chi connectivity index (χ0n) is 26.6. The number of rotatable bonds is 2. The number of hydrogen-bond donors (Lipinski definition) is 1. The molecule has 2 aliphatic heterocycles. The van der Waals surface area contributed by atoms with E-state index in [2.05, 4.69) is 5.32 Å². The summed E-state index contributed by atoms with van der Waals surface area (Å²) in [6.07, 6.45) is 7.77. The van der Waals surface area contributed by atoms with Crippen LogP contribution in [0.25, 0.3) is 11.0 Å². The van der Waals surface area contributed by atoms with Crippen LogP contribution in [-0.2, 0) is 20.7 Å². The van der Waals surface area contributed by atoms with Crippen molar-refractivity contribution in [3.05, 3.63) is 23.9 Å². The number of fused-ring (bicyclic) bond motifs is 9. The van der Waals surface area contributed by atoms with Gasteiger partial charge in [-0.15, -0.1) is 0 Å². The molecule has 4 aliphatic rings. The van der Waals surface area contributed by atoms with Crippen molar-refractivity contribution in [1.82, 2.24) is 20.2 Å². The van der Waals surface area contributed by atoms with Gasteiger partial charge in [0.2, 0.25) is 11.8 Å². The normalized spacial score (nSPS) is 33.0. The van der Waals surface area contributed by atoms with Gasteiger partial charge in [0.25, 0.3) is 0 Å². The number of hydrogen-bond acceptors (Lipinski definition) is 8. The number of carbonyl (C=O) groups is 3. The van der Waals surface area contributed by atoms with E-state index in [4.69, 9.17) is 24.2 Å². The van der Waals surface area contributed by atoms with Crippen LogP contribution in [0.1, 0.15) is 78.3 Å². The molecule has 10 nitrogen and oxygen atoms in total. The lowest BCUT2D eigenvalue weighted by Gasteiger charge is -2.36. The maximum atomic E-state index is 14.1. The molecule has 0 radical (unpaired) electrons. The van der Waals surface area contributed by atoms with E-state index >= 15 is 0 Å². The van der Waals surface area contributed by atoms with Crippen LogP contribution in [0, 0.1) is 29.1 Å². The first-order valence-electron chi connectivity index (χ1n) is 16.3. The first kappa shape index (κ1) is 30.6. The van der Waals surface area contributed by atoms with E-state index < -0.39 is 29.7 Å². The molecule has 2 saturated carbocycles. The minimum atomic E-state index is -0.872. The van der Waals surface area contributed by atoms with Gasteiger partial charge in [-0.3, -0.25) is 4.79 Å². The predicted octanol–water partition coefficient (Wildman–Crippen LogP) is 5.10. The molecule has 3 fully saturated rings. The molecule has 10 heteroatoms. The highest BCUT2D eigenvalue weighted by Gasteiger charge is 2.51. The van der Waals surface area contributed by atoms with Crippen molar-refractivity contribution in [3.8, 4) is 11.6 Å². The van der Waals surface area contributed by atoms with Gasteiger partial charge in [-0.1, -0.05) is 40.5 Å². The first-order valence-corrected chi connectivity index (χ1v) is 16.3. The Morgan fingerprint density at radius 2 is 1.82 bits per heavy atom. The van der Waals surface area contributed by atoms with Crippen LogP contribution in [0.5, 0.6) is 11.6 Å². The molecule has 8 atom stereocenters. The molecule has 1 aromatic carbocycles. The maximum absolute atomic E-state index is 14.1. The Balaban J connectivity index is 1.35. The van der Waals surface area contributed by atoms with E-state index in [1.54, 1.807) is 12.0 Å². The molecule has 2 aromatic rings. The van der Waals surface area contributed by atoms with E-state index in [1.807, 2.05) is 45.9 Å². The number of carbonyl (C=O) groups excluding carboxylic acids is 3. The highest BCUT2D eigenvalue weighted by molar-refractivity contribution is 5.89. The monoisotopic (exact) mass is 606 g/mol. The second kappa shape index (κ2) is 12.2. The Kier molecular flexibility index (Phi) is 8.46. The van der Waals surface area contributed by atoms with E-state index in [9.17, 15) is 14.4 Å². The smallest absolute Gasteiger partial charge is 0.408 e. The largest absolute Gasteiger partial charge is 0.497 e. The number of nitrogens with one attached hydrogen (secondary N) is 1. The average Bonchev–Trinajstić information content (AvgIpc) is 3.68. The molecule has 3 heterocycles. The summed E-state index contributed by atoms with van der Waals surface area (Å²) in [5.41, 5.74) is 1.59. The number of aldehydes is 1. The van der Waals surface area contributed by atoms with Crippen LogP contribution in [-0.4, -0.2) is 71.1 Å². The van der Waals surface area contributed by atoms with Crippen molar-refractivity contribution >= 4 is 29.3 Å². The van der Waals surface area contributed by atoms with Gasteiger partial charge in [0.15, 0.2) is 0 Å². The number of amides is 2. The Bertz CT molecular complexity index is 1410. The highest BCUT2D eigenvalue weighted by Crippen LogP contribution is 2.51. The van der Waals surface area contributed by atoms with Gasteiger partial charge in [-0.2, -0.15) is 0 Å². The van der Waals surface area contributed by atoms with Crippen LogP contribution in [0.4, 0.5) is 4.79 Å². The van der Waals surface area contributed by atoms with E-state index in [-0.39, 0.29) is 24.5 Å². The number of ether oxygens (including phenoxy) is 3. The highest BCUT2D eigenvalue weighted by atomic mass is 16.6. The standard InChI is InChI=1S/C34H46N4O6/c1-19-27(18-39)38-17-28(19)43-31-25(35-24-14-13-22(42-5)16-26(24)36-31)10-8-6-7-9-23-20-11-12-21(15-20)29(23)44-33(41)37-30(32(38)40)34(2,3)4/h13-14,16,18-21,23,27-30H,6-12,15,17H2,1-5H3,(H,37,41)/t19-,20+,21-,23+,27+,28-,29+,30+/m0/s1. The number of benzene rings is 1. The van der Waals surface area contributed by atoms with Crippen molar-refractivity contribution < 1.29 is 28.6 Å². The lowest BCUT2D eigenvalue weighted by molar-refractivity contribution is -0.139. The van der Waals surface area contributed by atoms with Gasteiger partial charge in [0.1, 0.15) is 36.0 Å². The Hall–Kier alpha value is -3.43. The van der Waals surface area contributed by atoms with E-state index in [1.165, 1.54) is 6.42 Å². The summed E-state index contributed by atoms with van der Waals surface area (Å²) in [5.74, 6) is 1.82. The molecule has 44 heavy (non-hydrogen) atoms. The van der Waals surface area contributed by atoms with Crippen molar-refractivity contribution in [2.75, 3.05) is 13.7 Å². The molecule has 2 amide bonds. The van der Waals surface area contributed by atoms with Crippen molar-refractivity contribution in [1.29, 1.82) is 0 Å². The zero-order valence-corrected chi connectivity index (χ0v) is 26.6. The lowest BCUT2D eigenvalue weighted by atomic mass is 9.82. The molecule has 1 aromatic heterocycles. The summed E-state index contributed by atoms with van der Waals surface area (Å²) in [4.78, 5) is 51.4. The van der Waals surface area contributed by atoms with Crippen LogP contribution in [0.15, 0.2) is 18.2 Å². The van der Waals surface area contributed by atoms with Gasteiger partial charge in [-0.05, 0) is 73.8 Å². The SMILES string of the molecule is COc1ccc2nc3c(nc2c1)O[C@H]1CN(C(=O)[C@H](C(C)(C)C)NC(=O)O[C@@H]2[C@H]4CC[C@H](C4)[C@H]2CCCCC3)[C@H](C=O)[C@@H]1C. The summed E-state index contributed by atoms with van der Waals surface area (Å²) in [6, 6.07) is 4.04. The fourth-order valence-electron chi connectivity index (χ4n) is 8.03. The van der Waals surface area contributed by atoms with Gasteiger partial charge < -0.3 is 29.2 Å². The van der Waals surface area contributed by atoms with Gasteiger partial charge in [0.05, 0.1) is 30.7 Å². The second-order valence-corrected chi connectivity index (χ2v) is 14.4. The zero-order chi connectivity index (χ0) is 31.2. The van der Waals surface area contributed by atoms with E-state index in [0.29, 0.717) is 41.3 Å². The van der Waals surface area contributed by atoms with Crippen LogP contribution < -0.4 is 14.8 Å². The fourth-order valence-corrected chi connectivity index (χ4v) is 8.03. The fraction of sp³-hybridized carbons (Fsp3) is 0.676. The van der Waals surface area contributed by atoms with Gasteiger partial charge in [0, 0.05) is 12.0 Å². The molecule has 4 bridgehead atoms. The third kappa shape index (κ3) is 5.84. The molecule has 0 spiro atoms. The molecule has 1 saturated heterocycles. The summed E-state index contributed by atoms with van der Waals surface area (Å²) < 4.78 is 18.1. The van der Waals surface area contributed by atoms with E-state index in [0.717, 1.165) is 56.0 Å². The van der Waals surface area contributed by atoms with Crippen molar-refractivity contribution in [2.24, 2.45) is 29.1 Å². The second-order valence-electron chi connectivity index (χ2n) is 14.4. The third-order valence-corrected chi connectivity index (χ3v) is 10.5. The number of aromatic nitrogens is 2. The molecule has 238 valence electrons. The minimum absolute atomic E-state index is 0.120. The summed E-state index contributed by atoms with van der Waals surface area (Å²) >= 11 is 0. The molecule has 6 rings (SSSR count). The Morgan fingerprint density at radius 1 is 1.02 bits per heavy atom. The van der Waals surface area contributed by atoms with Gasteiger partial charge in [-0.25, -0.2) is 14.8 Å². The molecular formula is C34H46N4O6. The van der Waals surface area contributed by atoms with Crippen LogP contribution in [0.2, 0.25) is 0 Å². The first-order chi connectivity index (χ1) is 21.1. The summed E-state index contributed by atoms with van der Waals surface area (Å²) in [6.45, 7) is 7.85.